The van der Waals surface area contributed by atoms with Crippen LogP contribution in [0, 0.1) is 0 Å². The Morgan fingerprint density at radius 2 is 2.00 bits per heavy atom. The molecule has 1 aromatic rings. The first kappa shape index (κ1) is 11.2. The summed E-state index contributed by atoms with van der Waals surface area (Å²) < 4.78 is 0.978. The van der Waals surface area contributed by atoms with E-state index in [0.29, 0.717) is 5.56 Å². The molecular weight excluding hydrogens is 242 g/mol. The standard InChI is InChI=1S/C11H14BrNO/c1-3-13(4-2)11-6-5-9(8-14)7-10(11)12/h5-8H,3-4H2,1-2H3. The molecule has 0 saturated carbocycles. The second-order valence-electron chi connectivity index (χ2n) is 3.00. The summed E-state index contributed by atoms with van der Waals surface area (Å²) in [6.07, 6.45) is 0.858. The van der Waals surface area contributed by atoms with Gasteiger partial charge in [0.15, 0.2) is 0 Å². The first-order valence-corrected chi connectivity index (χ1v) is 5.51. The third-order valence-corrected chi connectivity index (χ3v) is 2.85. The summed E-state index contributed by atoms with van der Waals surface area (Å²) in [7, 11) is 0. The smallest absolute Gasteiger partial charge is 0.150 e. The van der Waals surface area contributed by atoms with Crippen LogP contribution in [0.5, 0.6) is 0 Å². The number of carbonyl (C=O) groups excluding carboxylic acids is 1. The van der Waals surface area contributed by atoms with E-state index in [-0.39, 0.29) is 0 Å². The zero-order valence-corrected chi connectivity index (χ0v) is 10.0. The number of nitrogens with zero attached hydrogens (tertiary/aromatic N) is 1. The van der Waals surface area contributed by atoms with Crippen molar-refractivity contribution in [1.82, 2.24) is 0 Å². The Hall–Kier alpha value is -0.830. The van der Waals surface area contributed by atoms with Gasteiger partial charge < -0.3 is 4.90 Å². The molecule has 14 heavy (non-hydrogen) atoms. The lowest BCUT2D eigenvalue weighted by atomic mass is 10.2. The molecule has 1 rings (SSSR count). The monoisotopic (exact) mass is 255 g/mol. The van der Waals surface area contributed by atoms with Gasteiger partial charge in [-0.15, -0.1) is 0 Å². The highest BCUT2D eigenvalue weighted by Gasteiger charge is 2.06. The van der Waals surface area contributed by atoms with Crippen LogP contribution < -0.4 is 4.90 Å². The number of carbonyl (C=O) groups is 1. The molecule has 0 spiro atoms. The lowest BCUT2D eigenvalue weighted by molar-refractivity contribution is 0.112. The van der Waals surface area contributed by atoms with Crippen LogP contribution in [0.25, 0.3) is 0 Å². The van der Waals surface area contributed by atoms with E-state index in [4.69, 9.17) is 0 Å². The summed E-state index contributed by atoms with van der Waals surface area (Å²) in [6.45, 7) is 6.16. The molecule has 0 N–H and O–H groups in total. The Bertz CT molecular complexity index is 321. The first-order valence-electron chi connectivity index (χ1n) is 4.72. The molecule has 76 valence electrons. The number of rotatable bonds is 4. The quantitative estimate of drug-likeness (QED) is 0.771. The fraction of sp³-hybridized carbons (Fsp3) is 0.364. The normalized spacial score (nSPS) is 9.93. The van der Waals surface area contributed by atoms with Crippen molar-refractivity contribution in [3.05, 3.63) is 28.2 Å². The topological polar surface area (TPSA) is 20.3 Å². The molecule has 0 saturated heterocycles. The van der Waals surface area contributed by atoms with Crippen LogP contribution in [-0.2, 0) is 0 Å². The maximum atomic E-state index is 10.5. The molecule has 0 amide bonds. The van der Waals surface area contributed by atoms with E-state index in [9.17, 15) is 4.79 Å². The molecule has 0 bridgehead atoms. The molecule has 0 radical (unpaired) electrons. The molecule has 0 atom stereocenters. The highest BCUT2D eigenvalue weighted by Crippen LogP contribution is 2.26. The minimum absolute atomic E-state index is 0.702. The number of aldehydes is 1. The number of hydrogen-bond acceptors (Lipinski definition) is 2. The summed E-state index contributed by atoms with van der Waals surface area (Å²) in [6, 6.07) is 5.66. The van der Waals surface area contributed by atoms with Crippen molar-refractivity contribution in [2.24, 2.45) is 0 Å². The van der Waals surface area contributed by atoms with Gasteiger partial charge in [0.25, 0.3) is 0 Å². The van der Waals surface area contributed by atoms with Crippen molar-refractivity contribution in [1.29, 1.82) is 0 Å². The summed E-state index contributed by atoms with van der Waals surface area (Å²) >= 11 is 3.47. The van der Waals surface area contributed by atoms with Crippen LogP contribution in [0.2, 0.25) is 0 Å². The largest absolute Gasteiger partial charge is 0.371 e. The maximum Gasteiger partial charge on any atom is 0.150 e. The van der Waals surface area contributed by atoms with Gasteiger partial charge in [-0.1, -0.05) is 0 Å². The van der Waals surface area contributed by atoms with Gasteiger partial charge in [0, 0.05) is 23.1 Å². The summed E-state index contributed by atoms with van der Waals surface area (Å²) in [5, 5.41) is 0. The van der Waals surface area contributed by atoms with Crippen LogP contribution in [0.4, 0.5) is 5.69 Å². The molecule has 3 heteroatoms. The second kappa shape index (κ2) is 5.15. The van der Waals surface area contributed by atoms with Gasteiger partial charge in [-0.05, 0) is 48.0 Å². The molecular formula is C11H14BrNO. The summed E-state index contributed by atoms with van der Waals surface area (Å²) in [5.41, 5.74) is 1.84. The SMILES string of the molecule is CCN(CC)c1ccc(C=O)cc1Br. The van der Waals surface area contributed by atoms with Crippen molar-refractivity contribution in [3.8, 4) is 0 Å². The lowest BCUT2D eigenvalue weighted by Gasteiger charge is -2.22. The summed E-state index contributed by atoms with van der Waals surface area (Å²) in [5.74, 6) is 0. The zero-order valence-electron chi connectivity index (χ0n) is 8.46. The second-order valence-corrected chi connectivity index (χ2v) is 3.86. The molecule has 0 aromatic heterocycles. The van der Waals surface area contributed by atoms with Crippen LogP contribution in [-0.4, -0.2) is 19.4 Å². The minimum atomic E-state index is 0.702. The summed E-state index contributed by atoms with van der Waals surface area (Å²) in [4.78, 5) is 12.8. The highest BCUT2D eigenvalue weighted by atomic mass is 79.9. The molecule has 0 unspecified atom stereocenters. The Morgan fingerprint density at radius 3 is 2.43 bits per heavy atom. The van der Waals surface area contributed by atoms with Gasteiger partial charge in [-0.25, -0.2) is 0 Å². The van der Waals surface area contributed by atoms with Crippen molar-refractivity contribution in [2.45, 2.75) is 13.8 Å². The lowest BCUT2D eigenvalue weighted by Crippen LogP contribution is -2.22. The van der Waals surface area contributed by atoms with Gasteiger partial charge in [-0.2, -0.15) is 0 Å². The molecule has 0 aliphatic rings. The van der Waals surface area contributed by atoms with Gasteiger partial charge in [0.1, 0.15) is 6.29 Å². The van der Waals surface area contributed by atoms with E-state index >= 15 is 0 Å². The molecule has 0 heterocycles. The Kier molecular flexibility index (Phi) is 4.14. The van der Waals surface area contributed by atoms with E-state index in [2.05, 4.69) is 34.7 Å². The Morgan fingerprint density at radius 1 is 1.36 bits per heavy atom. The van der Waals surface area contributed by atoms with Crippen LogP contribution in [0.1, 0.15) is 24.2 Å². The number of benzene rings is 1. The van der Waals surface area contributed by atoms with E-state index in [1.54, 1.807) is 0 Å². The van der Waals surface area contributed by atoms with Gasteiger partial charge in [0.2, 0.25) is 0 Å². The first-order chi connectivity index (χ1) is 6.72. The Labute approximate surface area is 93.0 Å². The third-order valence-electron chi connectivity index (χ3n) is 2.21. The van der Waals surface area contributed by atoms with Gasteiger partial charge in [0.05, 0.1) is 5.69 Å². The van der Waals surface area contributed by atoms with Gasteiger partial charge >= 0.3 is 0 Å². The highest BCUT2D eigenvalue weighted by molar-refractivity contribution is 9.10. The van der Waals surface area contributed by atoms with Crippen molar-refractivity contribution in [3.63, 3.8) is 0 Å². The average molecular weight is 256 g/mol. The fourth-order valence-corrected chi connectivity index (χ4v) is 2.06. The van der Waals surface area contributed by atoms with E-state index in [1.807, 2.05) is 18.2 Å². The van der Waals surface area contributed by atoms with Crippen molar-refractivity contribution >= 4 is 27.9 Å². The number of halogens is 1. The van der Waals surface area contributed by atoms with Gasteiger partial charge in [-0.3, -0.25) is 4.79 Å². The van der Waals surface area contributed by atoms with Crippen LogP contribution >= 0.6 is 15.9 Å². The maximum absolute atomic E-state index is 10.5. The van der Waals surface area contributed by atoms with E-state index in [0.717, 1.165) is 29.5 Å². The predicted octanol–water partition coefficient (Wildman–Crippen LogP) is 3.11. The minimum Gasteiger partial charge on any atom is -0.371 e. The van der Waals surface area contributed by atoms with Crippen molar-refractivity contribution in [2.75, 3.05) is 18.0 Å². The van der Waals surface area contributed by atoms with Crippen molar-refractivity contribution < 1.29 is 4.79 Å². The molecule has 0 aliphatic carbocycles. The Balaban J connectivity index is 3.03. The van der Waals surface area contributed by atoms with Crippen LogP contribution in [0.15, 0.2) is 22.7 Å². The average Bonchev–Trinajstić information content (AvgIpc) is 2.22. The van der Waals surface area contributed by atoms with E-state index in [1.165, 1.54) is 0 Å². The predicted molar refractivity (Wildman–Crippen MR) is 63.1 cm³/mol. The number of hydrogen-bond donors (Lipinski definition) is 0. The van der Waals surface area contributed by atoms with Crippen LogP contribution in [0.3, 0.4) is 0 Å². The molecule has 1 aromatic carbocycles. The number of anilines is 1. The molecule has 2 nitrogen and oxygen atoms in total. The fourth-order valence-electron chi connectivity index (χ4n) is 1.42. The zero-order chi connectivity index (χ0) is 10.6. The third kappa shape index (κ3) is 2.35. The van der Waals surface area contributed by atoms with E-state index < -0.39 is 0 Å². The molecule has 0 fully saturated rings. The molecule has 0 aliphatic heterocycles.